The molecule has 1 aromatic carbocycles. The SMILES string of the molecule is CC(C)(O)C1CCN1C(=O)c1cnc(NC2Cc3ccc(Cl)cc3C2)nc1. The van der Waals surface area contributed by atoms with Crippen LogP contribution in [0.3, 0.4) is 0 Å². The summed E-state index contributed by atoms with van der Waals surface area (Å²) in [7, 11) is 0. The van der Waals surface area contributed by atoms with Gasteiger partial charge in [-0.15, -0.1) is 0 Å². The lowest BCUT2D eigenvalue weighted by Crippen LogP contribution is -2.60. The summed E-state index contributed by atoms with van der Waals surface area (Å²) in [4.78, 5) is 22.9. The highest BCUT2D eigenvalue weighted by atomic mass is 35.5. The molecule has 0 radical (unpaired) electrons. The molecular weight excluding hydrogens is 364 g/mol. The summed E-state index contributed by atoms with van der Waals surface area (Å²) in [5, 5.41) is 14.2. The van der Waals surface area contributed by atoms with E-state index in [2.05, 4.69) is 21.4 Å². The second-order valence-electron chi connectivity index (χ2n) is 7.91. The molecule has 0 bridgehead atoms. The zero-order chi connectivity index (χ0) is 19.2. The maximum Gasteiger partial charge on any atom is 0.257 e. The van der Waals surface area contributed by atoms with Crippen LogP contribution in [0.1, 0.15) is 41.8 Å². The minimum atomic E-state index is -0.906. The van der Waals surface area contributed by atoms with Crippen LogP contribution < -0.4 is 5.32 Å². The molecule has 27 heavy (non-hydrogen) atoms. The minimum Gasteiger partial charge on any atom is -0.388 e. The van der Waals surface area contributed by atoms with Crippen molar-refractivity contribution in [3.05, 3.63) is 52.3 Å². The number of halogens is 1. The van der Waals surface area contributed by atoms with Crippen molar-refractivity contribution in [2.75, 3.05) is 11.9 Å². The third-order valence-corrected chi connectivity index (χ3v) is 5.66. The Bertz CT molecular complexity index is 863. The second-order valence-corrected chi connectivity index (χ2v) is 8.35. The molecule has 1 aliphatic heterocycles. The number of anilines is 1. The van der Waals surface area contributed by atoms with Gasteiger partial charge in [-0.2, -0.15) is 0 Å². The summed E-state index contributed by atoms with van der Waals surface area (Å²) in [5.74, 6) is 0.376. The van der Waals surface area contributed by atoms with Crippen LogP contribution in [0.25, 0.3) is 0 Å². The highest BCUT2D eigenvalue weighted by molar-refractivity contribution is 6.30. The van der Waals surface area contributed by atoms with E-state index >= 15 is 0 Å². The van der Waals surface area contributed by atoms with E-state index in [0.717, 1.165) is 24.3 Å². The number of likely N-dealkylation sites (tertiary alicyclic amines) is 1. The predicted molar refractivity (Wildman–Crippen MR) is 104 cm³/mol. The van der Waals surface area contributed by atoms with Crippen molar-refractivity contribution in [3.8, 4) is 0 Å². The predicted octanol–water partition coefficient (Wildman–Crippen LogP) is 2.69. The third kappa shape index (κ3) is 3.64. The van der Waals surface area contributed by atoms with Gasteiger partial charge in [-0.3, -0.25) is 4.79 Å². The number of fused-ring (bicyclic) bond motifs is 1. The molecule has 1 fully saturated rings. The van der Waals surface area contributed by atoms with Crippen molar-refractivity contribution >= 4 is 23.5 Å². The van der Waals surface area contributed by atoms with Gasteiger partial charge >= 0.3 is 0 Å². The molecule has 4 rings (SSSR count). The average molecular weight is 387 g/mol. The van der Waals surface area contributed by atoms with E-state index < -0.39 is 5.60 Å². The van der Waals surface area contributed by atoms with E-state index in [0.29, 0.717) is 18.1 Å². The van der Waals surface area contributed by atoms with Crippen molar-refractivity contribution < 1.29 is 9.90 Å². The van der Waals surface area contributed by atoms with Gasteiger partial charge in [0.05, 0.1) is 17.2 Å². The average Bonchev–Trinajstić information content (AvgIpc) is 2.94. The van der Waals surface area contributed by atoms with E-state index in [1.165, 1.54) is 11.1 Å². The van der Waals surface area contributed by atoms with Gasteiger partial charge in [0.2, 0.25) is 5.95 Å². The van der Waals surface area contributed by atoms with Gasteiger partial charge in [-0.05, 0) is 56.4 Å². The summed E-state index contributed by atoms with van der Waals surface area (Å²) in [6, 6.07) is 6.04. The number of benzene rings is 1. The van der Waals surface area contributed by atoms with Crippen LogP contribution in [0.15, 0.2) is 30.6 Å². The second kappa shape index (κ2) is 6.77. The number of amides is 1. The van der Waals surface area contributed by atoms with E-state index in [4.69, 9.17) is 11.6 Å². The fourth-order valence-corrected chi connectivity index (χ4v) is 4.11. The Balaban J connectivity index is 1.39. The molecular formula is C20H23ClN4O2. The summed E-state index contributed by atoms with van der Waals surface area (Å²) in [6.45, 7) is 4.11. The first-order chi connectivity index (χ1) is 12.8. The topological polar surface area (TPSA) is 78.3 Å². The van der Waals surface area contributed by atoms with E-state index in [-0.39, 0.29) is 18.0 Å². The Kier molecular flexibility index (Phi) is 4.56. The highest BCUT2D eigenvalue weighted by Gasteiger charge is 2.42. The molecule has 7 heteroatoms. The number of rotatable bonds is 4. The van der Waals surface area contributed by atoms with Gasteiger partial charge < -0.3 is 15.3 Å². The fourth-order valence-electron chi connectivity index (χ4n) is 3.92. The van der Waals surface area contributed by atoms with Crippen LogP contribution in [-0.4, -0.2) is 50.1 Å². The molecule has 2 aromatic rings. The Morgan fingerprint density at radius 3 is 2.59 bits per heavy atom. The quantitative estimate of drug-likeness (QED) is 0.844. The van der Waals surface area contributed by atoms with Gasteiger partial charge in [0.25, 0.3) is 5.91 Å². The van der Waals surface area contributed by atoms with E-state index in [1.54, 1.807) is 31.1 Å². The molecule has 2 aliphatic rings. The van der Waals surface area contributed by atoms with Gasteiger partial charge in [-0.1, -0.05) is 17.7 Å². The molecule has 1 aliphatic carbocycles. The summed E-state index contributed by atoms with van der Waals surface area (Å²) in [5.41, 5.74) is 2.08. The summed E-state index contributed by atoms with van der Waals surface area (Å²) in [6.07, 6.45) is 5.69. The highest BCUT2D eigenvalue weighted by Crippen LogP contribution is 2.29. The molecule has 1 saturated heterocycles. The molecule has 0 spiro atoms. The number of carbonyl (C=O) groups excluding carboxylic acids is 1. The third-order valence-electron chi connectivity index (χ3n) is 5.43. The van der Waals surface area contributed by atoms with Crippen molar-refractivity contribution in [3.63, 3.8) is 0 Å². The molecule has 142 valence electrons. The van der Waals surface area contributed by atoms with Crippen LogP contribution in [0.5, 0.6) is 0 Å². The number of aromatic nitrogens is 2. The van der Waals surface area contributed by atoms with Crippen LogP contribution in [0, 0.1) is 0 Å². The Morgan fingerprint density at radius 1 is 1.26 bits per heavy atom. The first-order valence-corrected chi connectivity index (χ1v) is 9.58. The van der Waals surface area contributed by atoms with E-state index in [1.807, 2.05) is 12.1 Å². The van der Waals surface area contributed by atoms with Crippen LogP contribution in [0.4, 0.5) is 5.95 Å². The van der Waals surface area contributed by atoms with E-state index in [9.17, 15) is 9.90 Å². The molecule has 2 atom stereocenters. The monoisotopic (exact) mass is 386 g/mol. The summed E-state index contributed by atoms with van der Waals surface area (Å²) < 4.78 is 0. The lowest BCUT2D eigenvalue weighted by atomic mass is 9.87. The van der Waals surface area contributed by atoms with Gasteiger partial charge in [0.1, 0.15) is 0 Å². The molecule has 1 aromatic heterocycles. The first-order valence-electron chi connectivity index (χ1n) is 9.20. The maximum atomic E-state index is 12.6. The van der Waals surface area contributed by atoms with Crippen molar-refractivity contribution in [1.82, 2.24) is 14.9 Å². The van der Waals surface area contributed by atoms with Gasteiger partial charge in [0, 0.05) is 30.0 Å². The lowest BCUT2D eigenvalue weighted by molar-refractivity contribution is -0.0550. The Morgan fingerprint density at radius 2 is 1.96 bits per heavy atom. The van der Waals surface area contributed by atoms with Crippen molar-refractivity contribution in [2.45, 2.75) is 50.8 Å². The van der Waals surface area contributed by atoms with Gasteiger partial charge in [-0.25, -0.2) is 9.97 Å². The van der Waals surface area contributed by atoms with Crippen LogP contribution >= 0.6 is 11.6 Å². The molecule has 1 amide bonds. The number of hydrogen-bond donors (Lipinski definition) is 2. The van der Waals surface area contributed by atoms with Crippen LogP contribution in [0.2, 0.25) is 5.02 Å². The molecule has 2 N–H and O–H groups in total. The van der Waals surface area contributed by atoms with Crippen molar-refractivity contribution in [2.24, 2.45) is 0 Å². The fraction of sp³-hybridized carbons (Fsp3) is 0.450. The van der Waals surface area contributed by atoms with Crippen molar-refractivity contribution in [1.29, 1.82) is 0 Å². The Hall–Kier alpha value is -2.18. The molecule has 2 heterocycles. The smallest absolute Gasteiger partial charge is 0.257 e. The normalized spacial score (nSPS) is 21.6. The number of nitrogens with one attached hydrogen (secondary N) is 1. The number of hydrogen-bond acceptors (Lipinski definition) is 5. The number of carbonyl (C=O) groups is 1. The summed E-state index contributed by atoms with van der Waals surface area (Å²) >= 11 is 6.06. The molecule has 6 nitrogen and oxygen atoms in total. The first kappa shape index (κ1) is 18.2. The van der Waals surface area contributed by atoms with Gasteiger partial charge in [0.15, 0.2) is 0 Å². The molecule has 2 unspecified atom stereocenters. The number of aliphatic hydroxyl groups is 1. The standard InChI is InChI=1S/C20H23ClN4O2/c1-20(2,27)17-5-6-25(17)18(26)14-10-22-19(23-11-14)24-16-8-12-3-4-15(21)7-13(12)9-16/h3-4,7,10-11,16-17,27H,5-6,8-9H2,1-2H3,(H,22,23,24). The minimum absolute atomic E-state index is 0.136. The Labute approximate surface area is 163 Å². The number of nitrogens with zero attached hydrogens (tertiary/aromatic N) is 3. The molecule has 0 saturated carbocycles. The zero-order valence-electron chi connectivity index (χ0n) is 15.4. The maximum absolute atomic E-state index is 12.6. The largest absolute Gasteiger partial charge is 0.388 e. The van der Waals surface area contributed by atoms with Crippen LogP contribution in [-0.2, 0) is 12.8 Å². The lowest BCUT2D eigenvalue weighted by Gasteiger charge is -2.47. The zero-order valence-corrected chi connectivity index (χ0v) is 16.2.